The van der Waals surface area contributed by atoms with Gasteiger partial charge in [0.1, 0.15) is 5.78 Å². The predicted molar refractivity (Wildman–Crippen MR) is 194 cm³/mol. The highest BCUT2D eigenvalue weighted by Crippen LogP contribution is 2.68. The lowest BCUT2D eigenvalue weighted by Gasteiger charge is -2.44. The first-order valence-electron chi connectivity index (χ1n) is 19.9. The van der Waals surface area contributed by atoms with E-state index in [-0.39, 0.29) is 53.4 Å². The standard InChI is InChI=1S/C22H30F6O2Si.C19H24F6O2/c1-18-10-5-7-16(29)15(18)8-9-17(18)19(13-14-19)11-6-12-20(21(23,24)25,22(26,27)28)30-31(2,3)4;1-15-7-2-4-13(26)12(15)5-6-14(15)16(10-11-16)8-3-9-17(27,18(20,21)22)19(23,24)25/h6,9,12,15H,5,7-8,10-11,13-14H2,1-4H3;3,6,9,12-13,26-27H,2,4-5,7-8,10-11H2,1H3/b12-6-;9-3-/t15?,18-;12?,13-,15-/m00/s1. The summed E-state index contributed by atoms with van der Waals surface area (Å²) in [4.78, 5) is 12.4. The van der Waals surface area contributed by atoms with Crippen molar-refractivity contribution < 1.29 is 72.1 Å². The third-order valence-corrected chi connectivity index (χ3v) is 14.8. The van der Waals surface area contributed by atoms with Gasteiger partial charge in [0, 0.05) is 12.3 Å². The van der Waals surface area contributed by atoms with E-state index >= 15 is 0 Å². The molecule has 0 spiro atoms. The molecule has 6 aliphatic carbocycles. The number of alkyl halides is 12. The van der Waals surface area contributed by atoms with Crippen LogP contribution in [-0.4, -0.2) is 66.3 Å². The quantitative estimate of drug-likeness (QED) is 0.130. The maximum atomic E-state index is 13.7. The van der Waals surface area contributed by atoms with Crippen LogP contribution >= 0.6 is 0 Å². The van der Waals surface area contributed by atoms with Gasteiger partial charge in [-0.05, 0) is 143 Å². The fraction of sp³-hybridized carbons (Fsp3) is 0.780. The first-order chi connectivity index (χ1) is 26.2. The number of fused-ring (bicyclic) bond motifs is 2. The Morgan fingerprint density at radius 3 is 1.64 bits per heavy atom. The van der Waals surface area contributed by atoms with Crippen LogP contribution in [0.2, 0.25) is 19.6 Å². The van der Waals surface area contributed by atoms with Gasteiger partial charge in [-0.3, -0.25) is 4.79 Å². The van der Waals surface area contributed by atoms with Gasteiger partial charge in [-0.1, -0.05) is 49.3 Å². The van der Waals surface area contributed by atoms with E-state index in [1.165, 1.54) is 19.6 Å². The molecule has 0 aromatic carbocycles. The Morgan fingerprint density at radius 2 is 1.17 bits per heavy atom. The summed E-state index contributed by atoms with van der Waals surface area (Å²) in [5.74, 6) is 0.158. The number of carbonyl (C=O) groups excluding carboxylic acids is 1. The smallest absolute Gasteiger partial charge is 0.394 e. The van der Waals surface area contributed by atoms with Crippen molar-refractivity contribution in [1.29, 1.82) is 0 Å². The molecule has 17 heteroatoms. The molecule has 4 fully saturated rings. The van der Waals surface area contributed by atoms with Crippen molar-refractivity contribution in [3.05, 3.63) is 47.6 Å². The van der Waals surface area contributed by atoms with E-state index in [1.807, 2.05) is 26.0 Å². The van der Waals surface area contributed by atoms with Crippen molar-refractivity contribution >= 4 is 14.1 Å². The number of Topliss-reactive ketones (excluding diaryl/α,β-unsaturated/α-hetero) is 1. The lowest BCUT2D eigenvalue weighted by molar-refractivity contribution is -0.347. The molecule has 4 nitrogen and oxygen atoms in total. The molecule has 58 heavy (non-hydrogen) atoms. The topological polar surface area (TPSA) is 66.8 Å². The zero-order valence-electron chi connectivity index (χ0n) is 33.3. The molecule has 4 saturated carbocycles. The summed E-state index contributed by atoms with van der Waals surface area (Å²) in [6.07, 6.45) is -8.66. The maximum Gasteiger partial charge on any atom is 0.429 e. The molecule has 330 valence electrons. The first kappa shape index (κ1) is 46.9. The van der Waals surface area contributed by atoms with Gasteiger partial charge in [0.25, 0.3) is 11.2 Å². The Labute approximate surface area is 332 Å². The van der Waals surface area contributed by atoms with E-state index in [0.717, 1.165) is 55.4 Å². The van der Waals surface area contributed by atoms with Crippen molar-refractivity contribution in [2.24, 2.45) is 33.5 Å². The molecule has 0 radical (unpaired) electrons. The van der Waals surface area contributed by atoms with E-state index in [9.17, 15) is 67.7 Å². The predicted octanol–water partition coefficient (Wildman–Crippen LogP) is 12.2. The van der Waals surface area contributed by atoms with Crippen LogP contribution in [0.25, 0.3) is 0 Å². The molecule has 0 heterocycles. The minimum absolute atomic E-state index is 0.0196. The highest BCUT2D eigenvalue weighted by Gasteiger charge is 2.72. The van der Waals surface area contributed by atoms with Crippen molar-refractivity contribution in [3.8, 4) is 0 Å². The van der Waals surface area contributed by atoms with Gasteiger partial charge in [-0.25, -0.2) is 0 Å². The summed E-state index contributed by atoms with van der Waals surface area (Å²) in [5, 5.41) is 19.5. The van der Waals surface area contributed by atoms with Crippen molar-refractivity contribution in [2.45, 2.75) is 165 Å². The highest BCUT2D eigenvalue weighted by atomic mass is 28.4. The summed E-state index contributed by atoms with van der Waals surface area (Å²) in [6.45, 7) is 7.99. The van der Waals surface area contributed by atoms with E-state index in [4.69, 9.17) is 4.43 Å². The Kier molecular flexibility index (Phi) is 12.2. The maximum absolute atomic E-state index is 13.7. The van der Waals surface area contributed by atoms with Crippen LogP contribution in [0.5, 0.6) is 0 Å². The molecule has 5 atom stereocenters. The SMILES string of the molecule is C[C@]12CCCC(=O)C1CC=C2C1(C/C=C\C(O[Si](C)(C)C)(C(F)(F)F)C(F)(F)F)CC1.C[C@]12CCC[C@H](O)C1CC=C2C1(C/C=C\C(O)(C(F)(F)F)C(F)(F)F)CC1. The van der Waals surface area contributed by atoms with Gasteiger partial charge in [-0.2, -0.15) is 52.7 Å². The van der Waals surface area contributed by atoms with Crippen molar-refractivity contribution in [1.82, 2.24) is 0 Å². The number of rotatable bonds is 10. The zero-order valence-corrected chi connectivity index (χ0v) is 34.3. The fourth-order valence-corrected chi connectivity index (χ4v) is 11.9. The second kappa shape index (κ2) is 15.1. The monoisotopic (exact) mass is 866 g/mol. The second-order valence-corrected chi connectivity index (χ2v) is 23.4. The van der Waals surface area contributed by atoms with Gasteiger partial charge in [0.15, 0.2) is 8.32 Å². The zero-order chi connectivity index (χ0) is 43.8. The Hall–Kier alpha value is -2.11. The molecule has 0 amide bonds. The van der Waals surface area contributed by atoms with Crippen LogP contribution < -0.4 is 0 Å². The Balaban J connectivity index is 0.000000223. The Bertz CT molecular complexity index is 1640. The molecule has 6 aliphatic rings. The summed E-state index contributed by atoms with van der Waals surface area (Å²) >= 11 is 0. The lowest BCUT2D eigenvalue weighted by Crippen LogP contribution is -2.61. The molecule has 2 unspecified atom stereocenters. The van der Waals surface area contributed by atoms with Gasteiger partial charge in [0.2, 0.25) is 0 Å². The number of hydrogen-bond acceptors (Lipinski definition) is 4. The summed E-state index contributed by atoms with van der Waals surface area (Å²) in [7, 11) is -3.20. The second-order valence-electron chi connectivity index (χ2n) is 19.0. The van der Waals surface area contributed by atoms with E-state index in [2.05, 4.69) is 0 Å². The van der Waals surface area contributed by atoms with Crippen LogP contribution in [0.1, 0.15) is 104 Å². The van der Waals surface area contributed by atoms with Gasteiger partial charge < -0.3 is 14.6 Å². The molecular formula is C41H54F12O4Si. The van der Waals surface area contributed by atoms with Gasteiger partial charge >= 0.3 is 24.7 Å². The third-order valence-electron chi connectivity index (χ3n) is 13.9. The molecule has 0 aromatic rings. The lowest BCUT2D eigenvalue weighted by atomic mass is 9.62. The van der Waals surface area contributed by atoms with Crippen LogP contribution in [0.4, 0.5) is 52.7 Å². The number of aliphatic hydroxyl groups is 2. The van der Waals surface area contributed by atoms with Crippen LogP contribution in [0, 0.1) is 33.5 Å². The normalized spacial score (nSPS) is 31.4. The minimum atomic E-state index is -5.84. The van der Waals surface area contributed by atoms with Crippen LogP contribution in [-0.2, 0) is 9.22 Å². The van der Waals surface area contributed by atoms with Crippen molar-refractivity contribution in [2.75, 3.05) is 0 Å². The largest absolute Gasteiger partial charge is 0.429 e. The minimum Gasteiger partial charge on any atom is -0.394 e. The molecular weight excluding hydrogens is 813 g/mol. The number of hydrogen-bond donors (Lipinski definition) is 2. The summed E-state index contributed by atoms with van der Waals surface area (Å²) in [6, 6.07) is 0. The molecule has 0 aromatic heterocycles. The summed E-state index contributed by atoms with van der Waals surface area (Å²) < 4.78 is 164. The molecule has 6 rings (SSSR count). The number of halogens is 12. The van der Waals surface area contributed by atoms with Gasteiger partial charge in [-0.15, -0.1) is 0 Å². The van der Waals surface area contributed by atoms with Crippen LogP contribution in [0.15, 0.2) is 47.6 Å². The van der Waals surface area contributed by atoms with Crippen molar-refractivity contribution in [3.63, 3.8) is 0 Å². The molecule has 0 aliphatic heterocycles. The van der Waals surface area contributed by atoms with Gasteiger partial charge in [0.05, 0.1) is 6.10 Å². The third kappa shape index (κ3) is 8.41. The number of ketones is 1. The summed E-state index contributed by atoms with van der Waals surface area (Å²) in [5.41, 5.74) is -8.52. The Morgan fingerprint density at radius 1 is 0.707 bits per heavy atom. The molecule has 0 saturated heterocycles. The highest BCUT2D eigenvalue weighted by molar-refractivity contribution is 6.69. The number of aliphatic hydroxyl groups excluding tert-OH is 1. The van der Waals surface area contributed by atoms with Crippen LogP contribution in [0.3, 0.4) is 0 Å². The molecule has 0 bridgehead atoms. The van der Waals surface area contributed by atoms with E-state index < -0.39 is 61.2 Å². The van der Waals surface area contributed by atoms with E-state index in [0.29, 0.717) is 44.9 Å². The fourth-order valence-electron chi connectivity index (χ4n) is 10.6. The average Bonchev–Trinajstić information content (AvgIpc) is 3.94. The number of carbonyl (C=O) groups is 1. The first-order valence-corrected chi connectivity index (χ1v) is 23.3. The van der Waals surface area contributed by atoms with E-state index in [1.54, 1.807) is 0 Å². The number of allylic oxidation sites excluding steroid dienone is 6. The molecule has 2 N–H and O–H groups in total. The average molecular weight is 867 g/mol.